The zero-order valence-corrected chi connectivity index (χ0v) is 14.4. The summed E-state index contributed by atoms with van der Waals surface area (Å²) in [6.07, 6.45) is 1.90. The van der Waals surface area contributed by atoms with Gasteiger partial charge in [0, 0.05) is 24.5 Å². The van der Waals surface area contributed by atoms with Crippen LogP contribution in [0.1, 0.15) is 27.8 Å². The van der Waals surface area contributed by atoms with Gasteiger partial charge in [-0.2, -0.15) is 0 Å². The third-order valence-electron chi connectivity index (χ3n) is 3.87. The molecule has 130 valence electrons. The second kappa shape index (κ2) is 7.31. The van der Waals surface area contributed by atoms with Crippen molar-refractivity contribution in [2.75, 3.05) is 26.1 Å². The predicted molar refractivity (Wildman–Crippen MR) is 94.6 cm³/mol. The van der Waals surface area contributed by atoms with E-state index in [1.165, 1.54) is 7.11 Å². The molecule has 1 unspecified atom stereocenters. The summed E-state index contributed by atoms with van der Waals surface area (Å²) in [7, 11) is 2.97. The molecule has 3 aromatic rings. The predicted octanol–water partition coefficient (Wildman–Crippen LogP) is 2.85. The van der Waals surface area contributed by atoms with Crippen LogP contribution in [0.2, 0.25) is 0 Å². The second-order valence-electron chi connectivity index (χ2n) is 5.69. The van der Waals surface area contributed by atoms with Crippen LogP contribution in [-0.4, -0.2) is 41.7 Å². The van der Waals surface area contributed by atoms with Gasteiger partial charge in [0.2, 0.25) is 5.95 Å². The standard InChI is InChI=1S/C18H20N4O3/c1-11-8-15(17(23)25-3)21-18(20-11)22-16(10-24-2)12-4-5-14-13(9-12)6-7-19-14/h4-9,16,19H,10H2,1-3H3,(H,20,21,22). The van der Waals surface area contributed by atoms with Crippen molar-refractivity contribution in [3.8, 4) is 0 Å². The highest BCUT2D eigenvalue weighted by Gasteiger charge is 2.16. The summed E-state index contributed by atoms with van der Waals surface area (Å²) in [5, 5.41) is 4.36. The SMILES string of the molecule is COCC(Nc1nc(C)cc(C(=O)OC)n1)c1ccc2[nH]ccc2c1. The van der Waals surface area contributed by atoms with Gasteiger partial charge in [-0.3, -0.25) is 0 Å². The number of hydrogen-bond acceptors (Lipinski definition) is 6. The topological polar surface area (TPSA) is 89.1 Å². The van der Waals surface area contributed by atoms with Crippen LogP contribution < -0.4 is 5.32 Å². The van der Waals surface area contributed by atoms with Crippen molar-refractivity contribution >= 4 is 22.8 Å². The number of esters is 1. The molecule has 0 aliphatic rings. The van der Waals surface area contributed by atoms with Crippen molar-refractivity contribution in [1.82, 2.24) is 15.0 Å². The molecule has 25 heavy (non-hydrogen) atoms. The van der Waals surface area contributed by atoms with E-state index in [4.69, 9.17) is 9.47 Å². The number of carbonyl (C=O) groups excluding carboxylic acids is 1. The first-order valence-electron chi connectivity index (χ1n) is 7.87. The monoisotopic (exact) mass is 340 g/mol. The fraction of sp³-hybridized carbons (Fsp3) is 0.278. The van der Waals surface area contributed by atoms with Crippen LogP contribution in [-0.2, 0) is 9.47 Å². The number of ether oxygens (including phenoxy) is 2. The van der Waals surface area contributed by atoms with Gasteiger partial charge in [-0.15, -0.1) is 0 Å². The van der Waals surface area contributed by atoms with Gasteiger partial charge in [0.05, 0.1) is 19.8 Å². The van der Waals surface area contributed by atoms with Crippen molar-refractivity contribution in [3.05, 3.63) is 53.5 Å². The Balaban J connectivity index is 1.91. The molecule has 0 amide bonds. The lowest BCUT2D eigenvalue weighted by Gasteiger charge is -2.19. The van der Waals surface area contributed by atoms with Crippen LogP contribution in [0.4, 0.5) is 5.95 Å². The molecule has 2 heterocycles. The molecule has 1 aromatic carbocycles. The molecule has 0 aliphatic carbocycles. The number of carbonyl (C=O) groups is 1. The number of aromatic amines is 1. The number of anilines is 1. The number of benzene rings is 1. The lowest BCUT2D eigenvalue weighted by atomic mass is 10.1. The van der Waals surface area contributed by atoms with Crippen LogP contribution in [0, 0.1) is 6.92 Å². The molecule has 0 spiro atoms. The third kappa shape index (κ3) is 3.77. The summed E-state index contributed by atoms with van der Waals surface area (Å²) in [5.41, 5.74) is 3.00. The van der Waals surface area contributed by atoms with Crippen molar-refractivity contribution < 1.29 is 14.3 Å². The summed E-state index contributed by atoms with van der Waals surface area (Å²) in [4.78, 5) is 23.5. The van der Waals surface area contributed by atoms with E-state index in [1.54, 1.807) is 20.1 Å². The van der Waals surface area contributed by atoms with Gasteiger partial charge in [-0.25, -0.2) is 14.8 Å². The molecule has 1 atom stereocenters. The highest BCUT2D eigenvalue weighted by molar-refractivity contribution is 5.87. The normalized spacial score (nSPS) is 12.1. The fourth-order valence-corrected chi connectivity index (χ4v) is 2.67. The lowest BCUT2D eigenvalue weighted by Crippen LogP contribution is -2.19. The minimum atomic E-state index is -0.495. The Labute approximate surface area is 145 Å². The Bertz CT molecular complexity index is 891. The summed E-state index contributed by atoms with van der Waals surface area (Å²) in [6.45, 7) is 2.23. The number of nitrogens with one attached hydrogen (secondary N) is 2. The minimum Gasteiger partial charge on any atom is -0.464 e. The maximum absolute atomic E-state index is 11.7. The Morgan fingerprint density at radius 3 is 2.84 bits per heavy atom. The zero-order valence-electron chi connectivity index (χ0n) is 14.4. The lowest BCUT2D eigenvalue weighted by molar-refractivity contribution is 0.0594. The van der Waals surface area contributed by atoms with E-state index in [2.05, 4.69) is 26.3 Å². The molecule has 0 radical (unpaired) electrons. The number of aromatic nitrogens is 3. The van der Waals surface area contributed by atoms with Gasteiger partial charge >= 0.3 is 5.97 Å². The van der Waals surface area contributed by atoms with Crippen LogP contribution in [0.15, 0.2) is 36.5 Å². The molecule has 2 N–H and O–H groups in total. The number of rotatable bonds is 6. The smallest absolute Gasteiger partial charge is 0.356 e. The second-order valence-corrected chi connectivity index (χ2v) is 5.69. The molecule has 0 bridgehead atoms. The summed E-state index contributed by atoms with van der Waals surface area (Å²) < 4.78 is 10.1. The fourth-order valence-electron chi connectivity index (χ4n) is 2.67. The highest BCUT2D eigenvalue weighted by Crippen LogP contribution is 2.23. The highest BCUT2D eigenvalue weighted by atomic mass is 16.5. The molecule has 3 rings (SSSR count). The van der Waals surface area contributed by atoms with Crippen molar-refractivity contribution in [2.45, 2.75) is 13.0 Å². The van der Waals surface area contributed by atoms with Gasteiger partial charge < -0.3 is 19.8 Å². The number of aryl methyl sites for hydroxylation is 1. The summed E-state index contributed by atoms with van der Waals surface area (Å²) in [6, 6.07) is 9.57. The van der Waals surface area contributed by atoms with E-state index in [0.29, 0.717) is 18.2 Å². The van der Waals surface area contributed by atoms with E-state index >= 15 is 0 Å². The zero-order chi connectivity index (χ0) is 17.8. The summed E-state index contributed by atoms with van der Waals surface area (Å²) >= 11 is 0. The first-order valence-corrected chi connectivity index (χ1v) is 7.87. The first-order chi connectivity index (χ1) is 12.1. The molecular formula is C18H20N4O3. The molecular weight excluding hydrogens is 320 g/mol. The van der Waals surface area contributed by atoms with Crippen molar-refractivity contribution in [3.63, 3.8) is 0 Å². The first kappa shape index (κ1) is 16.9. The van der Waals surface area contributed by atoms with Crippen LogP contribution >= 0.6 is 0 Å². The molecule has 0 saturated heterocycles. The number of fused-ring (bicyclic) bond motifs is 1. The molecule has 0 aliphatic heterocycles. The van der Waals surface area contributed by atoms with Crippen molar-refractivity contribution in [1.29, 1.82) is 0 Å². The molecule has 0 fully saturated rings. The van der Waals surface area contributed by atoms with E-state index in [0.717, 1.165) is 16.5 Å². The summed E-state index contributed by atoms with van der Waals surface area (Å²) in [5.74, 6) is -0.137. The van der Waals surface area contributed by atoms with E-state index in [-0.39, 0.29) is 11.7 Å². The number of H-pyrrole nitrogens is 1. The maximum Gasteiger partial charge on any atom is 0.356 e. The number of hydrogen-bond donors (Lipinski definition) is 2. The number of nitrogens with zero attached hydrogens (tertiary/aromatic N) is 2. The van der Waals surface area contributed by atoms with Gasteiger partial charge in [0.1, 0.15) is 0 Å². The minimum absolute atomic E-state index is 0.156. The molecule has 0 saturated carbocycles. The van der Waals surface area contributed by atoms with E-state index in [9.17, 15) is 4.79 Å². The molecule has 7 heteroatoms. The Morgan fingerprint density at radius 1 is 1.24 bits per heavy atom. The van der Waals surface area contributed by atoms with E-state index < -0.39 is 5.97 Å². The largest absolute Gasteiger partial charge is 0.464 e. The van der Waals surface area contributed by atoms with Crippen LogP contribution in [0.5, 0.6) is 0 Å². The quantitative estimate of drug-likeness (QED) is 0.671. The Morgan fingerprint density at radius 2 is 2.08 bits per heavy atom. The average Bonchev–Trinajstić information content (AvgIpc) is 3.07. The Hall–Kier alpha value is -2.93. The maximum atomic E-state index is 11.7. The van der Waals surface area contributed by atoms with Crippen molar-refractivity contribution in [2.24, 2.45) is 0 Å². The van der Waals surface area contributed by atoms with Gasteiger partial charge in [0.25, 0.3) is 0 Å². The van der Waals surface area contributed by atoms with Crippen LogP contribution in [0.3, 0.4) is 0 Å². The Kier molecular flexibility index (Phi) is 4.95. The van der Waals surface area contributed by atoms with Crippen LogP contribution in [0.25, 0.3) is 10.9 Å². The van der Waals surface area contributed by atoms with Gasteiger partial charge in [-0.05, 0) is 42.1 Å². The molecule has 2 aromatic heterocycles. The third-order valence-corrected chi connectivity index (χ3v) is 3.87. The number of methoxy groups -OCH3 is 2. The van der Waals surface area contributed by atoms with E-state index in [1.807, 2.05) is 24.4 Å². The average molecular weight is 340 g/mol. The van der Waals surface area contributed by atoms with Gasteiger partial charge in [-0.1, -0.05) is 6.07 Å². The van der Waals surface area contributed by atoms with Gasteiger partial charge in [0.15, 0.2) is 5.69 Å². The molecule has 7 nitrogen and oxygen atoms in total.